The van der Waals surface area contributed by atoms with Crippen LogP contribution in [0.2, 0.25) is 0 Å². The van der Waals surface area contributed by atoms with Crippen LogP contribution in [0.25, 0.3) is 11.1 Å². The van der Waals surface area contributed by atoms with Gasteiger partial charge in [-0.15, -0.1) is 0 Å². The summed E-state index contributed by atoms with van der Waals surface area (Å²) in [5.41, 5.74) is -0.214. The Morgan fingerprint density at radius 3 is 2.10 bits per heavy atom. The first-order valence-corrected chi connectivity index (χ1v) is 15.4. The average molecular weight is 579 g/mol. The zero-order valence-electron chi connectivity index (χ0n) is 24.2. The van der Waals surface area contributed by atoms with Crippen molar-refractivity contribution in [3.63, 3.8) is 0 Å². The number of benzene rings is 2. The second-order valence-corrected chi connectivity index (χ2v) is 11.8. The number of rotatable bonds is 12. The van der Waals surface area contributed by atoms with Gasteiger partial charge in [-0.25, -0.2) is 8.78 Å². The van der Waals surface area contributed by atoms with Crippen molar-refractivity contribution in [2.24, 2.45) is 23.7 Å². The van der Waals surface area contributed by atoms with Crippen LogP contribution in [0.1, 0.15) is 90.9 Å². The maximum absolute atomic E-state index is 14.7. The molecule has 2 fully saturated rings. The fourth-order valence-corrected chi connectivity index (χ4v) is 6.64. The van der Waals surface area contributed by atoms with E-state index in [2.05, 4.69) is 6.92 Å². The summed E-state index contributed by atoms with van der Waals surface area (Å²) in [6.45, 7) is 4.03. The van der Waals surface area contributed by atoms with Crippen LogP contribution in [-0.2, 0) is 0 Å². The Morgan fingerprint density at radius 2 is 1.46 bits per heavy atom. The smallest absolute Gasteiger partial charge is 0.419 e. The predicted molar refractivity (Wildman–Crippen MR) is 153 cm³/mol. The summed E-state index contributed by atoms with van der Waals surface area (Å²) in [4.78, 5) is 0. The van der Waals surface area contributed by atoms with Gasteiger partial charge in [-0.3, -0.25) is 0 Å². The Balaban J connectivity index is 1.28. The van der Waals surface area contributed by atoms with Crippen LogP contribution in [0.15, 0.2) is 42.5 Å². The highest BCUT2D eigenvalue weighted by Gasteiger charge is 2.33. The fraction of sp³-hybridized carbons (Fsp3) is 0.588. The molecule has 0 unspecified atom stereocenters. The van der Waals surface area contributed by atoms with Crippen molar-refractivity contribution in [1.82, 2.24) is 0 Å². The Hall–Kier alpha value is -2.57. The van der Waals surface area contributed by atoms with Crippen molar-refractivity contribution in [1.29, 1.82) is 0 Å². The molecule has 0 bridgehead atoms. The highest BCUT2D eigenvalue weighted by molar-refractivity contribution is 5.66. The SMILES string of the molecule is CCCCCC1CCC(C2CCC(C=CC(F)(F)Oc3ccc(-c4ccc(OCC)c(F)c4F)cc3F)CC2)CC1. The summed E-state index contributed by atoms with van der Waals surface area (Å²) in [6.07, 6.45) is 13.0. The van der Waals surface area contributed by atoms with Gasteiger partial charge in [0.25, 0.3) is 0 Å². The molecule has 226 valence electrons. The molecule has 2 aliphatic carbocycles. The summed E-state index contributed by atoms with van der Waals surface area (Å²) in [6, 6.07) is 5.57. The van der Waals surface area contributed by atoms with E-state index in [1.807, 2.05) is 0 Å². The van der Waals surface area contributed by atoms with E-state index in [-0.39, 0.29) is 29.4 Å². The van der Waals surface area contributed by atoms with Crippen molar-refractivity contribution >= 4 is 0 Å². The minimum Gasteiger partial charge on any atom is -0.491 e. The molecule has 2 saturated carbocycles. The van der Waals surface area contributed by atoms with Gasteiger partial charge in [0.1, 0.15) is 0 Å². The maximum Gasteiger partial charge on any atom is 0.419 e. The molecule has 0 N–H and O–H groups in total. The lowest BCUT2D eigenvalue weighted by Gasteiger charge is -2.37. The van der Waals surface area contributed by atoms with E-state index in [0.717, 1.165) is 49.7 Å². The van der Waals surface area contributed by atoms with E-state index >= 15 is 0 Å². The van der Waals surface area contributed by atoms with Crippen LogP contribution in [0.3, 0.4) is 0 Å². The number of unbranched alkanes of at least 4 members (excludes halogenated alkanes) is 2. The molecule has 0 radical (unpaired) electrons. The normalized spacial score (nSPS) is 23.6. The third kappa shape index (κ3) is 8.48. The predicted octanol–water partition coefficient (Wildman–Crippen LogP) is 10.9. The Morgan fingerprint density at radius 1 is 0.805 bits per heavy atom. The number of ether oxygens (including phenoxy) is 2. The number of hydrogen-bond acceptors (Lipinski definition) is 2. The first-order chi connectivity index (χ1) is 19.7. The van der Waals surface area contributed by atoms with Crippen LogP contribution in [0.4, 0.5) is 22.0 Å². The molecule has 2 aromatic carbocycles. The summed E-state index contributed by atoms with van der Waals surface area (Å²) in [5.74, 6) is -2.01. The summed E-state index contributed by atoms with van der Waals surface area (Å²) in [7, 11) is 0. The van der Waals surface area contributed by atoms with Crippen molar-refractivity contribution in [2.45, 2.75) is 97.0 Å². The molecule has 0 spiro atoms. The standard InChI is InChI=1S/C34H43F5O2/c1-3-5-6-7-23-8-12-25(13-9-23)26-14-10-24(11-15-26)20-21-34(38,39)41-30-18-16-27(22-29(30)35)28-17-19-31(40-4-2)33(37)32(28)36/h16-26H,3-15H2,1-2H3. The second kappa shape index (κ2) is 14.6. The highest BCUT2D eigenvalue weighted by atomic mass is 19.3. The lowest BCUT2D eigenvalue weighted by Crippen LogP contribution is -2.26. The van der Waals surface area contributed by atoms with Gasteiger partial charge in [-0.1, -0.05) is 57.6 Å². The van der Waals surface area contributed by atoms with Crippen LogP contribution in [0.5, 0.6) is 11.5 Å². The molecular formula is C34H43F5O2. The lowest BCUT2D eigenvalue weighted by molar-refractivity contribution is -0.133. The molecule has 0 heterocycles. The van der Waals surface area contributed by atoms with E-state index in [1.54, 1.807) is 6.92 Å². The summed E-state index contributed by atoms with van der Waals surface area (Å²) >= 11 is 0. The van der Waals surface area contributed by atoms with E-state index in [4.69, 9.17) is 9.47 Å². The van der Waals surface area contributed by atoms with Gasteiger partial charge in [-0.2, -0.15) is 13.2 Å². The zero-order valence-corrected chi connectivity index (χ0v) is 24.2. The first kappa shape index (κ1) is 31.4. The zero-order chi connectivity index (χ0) is 29.4. The van der Waals surface area contributed by atoms with Gasteiger partial charge in [0, 0.05) is 11.6 Å². The van der Waals surface area contributed by atoms with E-state index in [1.165, 1.54) is 75.6 Å². The number of alkyl halides is 2. The molecule has 2 aliphatic rings. The second-order valence-electron chi connectivity index (χ2n) is 11.8. The highest BCUT2D eigenvalue weighted by Crippen LogP contribution is 2.43. The topological polar surface area (TPSA) is 18.5 Å². The number of halogens is 5. The minimum atomic E-state index is -3.70. The third-order valence-corrected chi connectivity index (χ3v) is 8.99. The van der Waals surface area contributed by atoms with Crippen molar-refractivity contribution < 1.29 is 31.4 Å². The van der Waals surface area contributed by atoms with E-state index < -0.39 is 29.3 Å². The quantitative estimate of drug-likeness (QED) is 0.142. The fourth-order valence-electron chi connectivity index (χ4n) is 6.64. The Labute approximate surface area is 241 Å². The molecule has 41 heavy (non-hydrogen) atoms. The van der Waals surface area contributed by atoms with Crippen LogP contribution in [0, 0.1) is 41.1 Å². The largest absolute Gasteiger partial charge is 0.491 e. The molecule has 0 aliphatic heterocycles. The molecule has 7 heteroatoms. The van der Waals surface area contributed by atoms with Crippen LogP contribution >= 0.6 is 0 Å². The third-order valence-electron chi connectivity index (χ3n) is 8.99. The van der Waals surface area contributed by atoms with Crippen molar-refractivity contribution in [3.8, 4) is 22.6 Å². The average Bonchev–Trinajstić information content (AvgIpc) is 2.97. The van der Waals surface area contributed by atoms with E-state index in [9.17, 15) is 22.0 Å². The molecule has 2 aromatic rings. The van der Waals surface area contributed by atoms with Gasteiger partial charge < -0.3 is 9.47 Å². The summed E-state index contributed by atoms with van der Waals surface area (Å²) in [5, 5.41) is 0. The van der Waals surface area contributed by atoms with Gasteiger partial charge in [0.2, 0.25) is 5.82 Å². The molecule has 0 amide bonds. The van der Waals surface area contributed by atoms with E-state index in [0.29, 0.717) is 12.0 Å². The van der Waals surface area contributed by atoms with Gasteiger partial charge >= 0.3 is 6.11 Å². The minimum absolute atomic E-state index is 0.00473. The Bertz CT molecular complexity index is 1150. The van der Waals surface area contributed by atoms with Crippen molar-refractivity contribution in [3.05, 3.63) is 59.9 Å². The number of allylic oxidation sites excluding steroid dienone is 1. The van der Waals surface area contributed by atoms with Gasteiger partial charge in [0.05, 0.1) is 6.61 Å². The van der Waals surface area contributed by atoms with Gasteiger partial charge in [0.15, 0.2) is 23.1 Å². The maximum atomic E-state index is 14.7. The molecule has 0 aromatic heterocycles. The number of hydrogen-bond donors (Lipinski definition) is 0. The molecular weight excluding hydrogens is 535 g/mol. The molecule has 0 atom stereocenters. The molecule has 0 saturated heterocycles. The molecule has 2 nitrogen and oxygen atoms in total. The van der Waals surface area contributed by atoms with Gasteiger partial charge in [-0.05, 0) is 98.9 Å². The van der Waals surface area contributed by atoms with Crippen molar-refractivity contribution in [2.75, 3.05) is 6.61 Å². The monoisotopic (exact) mass is 578 g/mol. The van der Waals surface area contributed by atoms with Crippen LogP contribution in [-0.4, -0.2) is 12.7 Å². The Kier molecular flexibility index (Phi) is 11.1. The molecule has 4 rings (SSSR count). The van der Waals surface area contributed by atoms with Crippen LogP contribution < -0.4 is 9.47 Å². The first-order valence-electron chi connectivity index (χ1n) is 15.4. The summed E-state index contributed by atoms with van der Waals surface area (Å²) < 4.78 is 82.4. The lowest BCUT2D eigenvalue weighted by atomic mass is 9.68.